The first-order chi connectivity index (χ1) is 8.46. The number of hydrogen-bond acceptors (Lipinski definition) is 1. The van der Waals surface area contributed by atoms with Crippen molar-refractivity contribution in [3.8, 4) is 0 Å². The van der Waals surface area contributed by atoms with Crippen LogP contribution in [0.15, 0.2) is 0 Å². The first kappa shape index (κ1) is 19.5. The second-order valence-corrected chi connectivity index (χ2v) is 9.58. The summed E-state index contributed by atoms with van der Waals surface area (Å²) in [6, 6.07) is 0. The molecule has 0 atom stereocenters. The standard InChI is InChI=1S/C9H13F9OSi/c1-20(2,3)19-5-4-6(10,11)7(12,13)8(14,15)9(16,17)18/h4-5H2,1-3H3. The van der Waals surface area contributed by atoms with Crippen molar-refractivity contribution in [1.82, 2.24) is 0 Å². The van der Waals surface area contributed by atoms with Crippen molar-refractivity contribution in [3.05, 3.63) is 0 Å². The summed E-state index contributed by atoms with van der Waals surface area (Å²) in [6.07, 6.45) is -8.71. The van der Waals surface area contributed by atoms with Gasteiger partial charge in [-0.05, 0) is 19.6 Å². The molecule has 0 aliphatic rings. The Morgan fingerprint density at radius 3 is 1.45 bits per heavy atom. The molecule has 1 nitrogen and oxygen atoms in total. The molecular weight excluding hydrogens is 323 g/mol. The van der Waals surface area contributed by atoms with Gasteiger partial charge in [-0.2, -0.15) is 39.5 Å². The topological polar surface area (TPSA) is 9.23 Å². The van der Waals surface area contributed by atoms with E-state index in [0.717, 1.165) is 0 Å². The molecule has 0 amide bonds. The Balaban J connectivity index is 5.08. The third kappa shape index (κ3) is 4.03. The largest absolute Gasteiger partial charge is 0.460 e. The molecule has 0 saturated carbocycles. The average molecular weight is 336 g/mol. The van der Waals surface area contributed by atoms with Crippen molar-refractivity contribution in [2.45, 2.75) is 50.0 Å². The molecule has 0 saturated heterocycles. The number of halogens is 9. The molecule has 0 aromatic rings. The predicted molar refractivity (Wildman–Crippen MR) is 54.8 cm³/mol. The molecule has 0 bridgehead atoms. The summed E-state index contributed by atoms with van der Waals surface area (Å²) >= 11 is 0. The third-order valence-electron chi connectivity index (χ3n) is 2.16. The first-order valence-electron chi connectivity index (χ1n) is 5.30. The van der Waals surface area contributed by atoms with Crippen LogP contribution in [0.1, 0.15) is 6.42 Å². The molecule has 0 aromatic carbocycles. The average Bonchev–Trinajstić information content (AvgIpc) is 2.12. The van der Waals surface area contributed by atoms with Crippen LogP contribution in [-0.2, 0) is 4.43 Å². The lowest BCUT2D eigenvalue weighted by atomic mass is 10.0. The van der Waals surface area contributed by atoms with Crippen LogP contribution in [0.25, 0.3) is 0 Å². The summed E-state index contributed by atoms with van der Waals surface area (Å²) < 4.78 is 117. The van der Waals surface area contributed by atoms with Crippen LogP contribution in [0, 0.1) is 0 Å². The van der Waals surface area contributed by atoms with Crippen LogP contribution in [0.3, 0.4) is 0 Å². The summed E-state index contributed by atoms with van der Waals surface area (Å²) in [5.41, 5.74) is 0. The minimum absolute atomic E-state index is 1.04. The fourth-order valence-electron chi connectivity index (χ4n) is 1.05. The Morgan fingerprint density at radius 1 is 0.750 bits per heavy atom. The fraction of sp³-hybridized carbons (Fsp3) is 1.00. The van der Waals surface area contributed by atoms with Crippen LogP contribution < -0.4 is 0 Å². The molecule has 0 fully saturated rings. The first-order valence-corrected chi connectivity index (χ1v) is 8.71. The SMILES string of the molecule is C[Si](C)(C)OCCC(F)(F)C(F)(F)C(F)(F)C(F)(F)F. The van der Waals surface area contributed by atoms with Crippen molar-refractivity contribution in [3.63, 3.8) is 0 Å². The van der Waals surface area contributed by atoms with Crippen molar-refractivity contribution in [1.29, 1.82) is 0 Å². The van der Waals surface area contributed by atoms with Crippen LogP contribution in [0.2, 0.25) is 19.6 Å². The minimum Gasteiger partial charge on any atom is -0.417 e. The molecule has 0 aliphatic heterocycles. The van der Waals surface area contributed by atoms with Gasteiger partial charge in [0.2, 0.25) is 0 Å². The van der Waals surface area contributed by atoms with E-state index >= 15 is 0 Å². The maximum atomic E-state index is 13.0. The molecular formula is C9H13F9OSi. The van der Waals surface area contributed by atoms with E-state index in [9.17, 15) is 39.5 Å². The molecule has 0 N–H and O–H groups in total. The zero-order chi connectivity index (χ0) is 16.6. The van der Waals surface area contributed by atoms with E-state index in [1.807, 2.05) is 0 Å². The number of hydrogen-bond donors (Lipinski definition) is 0. The Labute approximate surface area is 110 Å². The Hall–Kier alpha value is -0.453. The van der Waals surface area contributed by atoms with E-state index < -0.39 is 45.3 Å². The van der Waals surface area contributed by atoms with E-state index in [1.54, 1.807) is 0 Å². The second-order valence-electron chi connectivity index (χ2n) is 5.06. The lowest BCUT2D eigenvalue weighted by molar-refractivity contribution is -0.397. The predicted octanol–water partition coefficient (Wildman–Crippen LogP) is 4.70. The van der Waals surface area contributed by atoms with E-state index in [4.69, 9.17) is 4.43 Å². The van der Waals surface area contributed by atoms with Gasteiger partial charge in [-0.15, -0.1) is 0 Å². The molecule has 0 unspecified atom stereocenters. The second kappa shape index (κ2) is 5.39. The van der Waals surface area contributed by atoms with Gasteiger partial charge in [0, 0.05) is 13.0 Å². The van der Waals surface area contributed by atoms with Crippen LogP contribution in [-0.4, -0.2) is 38.9 Å². The third-order valence-corrected chi connectivity index (χ3v) is 3.23. The van der Waals surface area contributed by atoms with E-state index in [1.165, 1.54) is 19.6 Å². The monoisotopic (exact) mass is 336 g/mol. The summed E-state index contributed by atoms with van der Waals surface area (Å²) in [4.78, 5) is 0. The Bertz CT molecular complexity index is 331. The van der Waals surface area contributed by atoms with Gasteiger partial charge in [0.25, 0.3) is 0 Å². The van der Waals surface area contributed by atoms with Gasteiger partial charge in [-0.3, -0.25) is 0 Å². The lowest BCUT2D eigenvalue weighted by Gasteiger charge is -2.34. The smallest absolute Gasteiger partial charge is 0.417 e. The van der Waals surface area contributed by atoms with Gasteiger partial charge in [-0.1, -0.05) is 0 Å². The van der Waals surface area contributed by atoms with Crippen molar-refractivity contribution < 1.29 is 43.9 Å². The number of rotatable bonds is 6. The van der Waals surface area contributed by atoms with Crippen LogP contribution in [0.5, 0.6) is 0 Å². The molecule has 0 heterocycles. The van der Waals surface area contributed by atoms with Gasteiger partial charge in [0.15, 0.2) is 8.32 Å². The maximum Gasteiger partial charge on any atom is 0.460 e. The highest BCUT2D eigenvalue weighted by Gasteiger charge is 2.81. The number of alkyl halides is 9. The summed E-state index contributed by atoms with van der Waals surface area (Å²) in [7, 11) is -2.39. The maximum absolute atomic E-state index is 13.0. The lowest BCUT2D eigenvalue weighted by Crippen LogP contribution is -2.61. The molecule has 0 radical (unpaired) electrons. The van der Waals surface area contributed by atoms with E-state index in [-0.39, 0.29) is 0 Å². The zero-order valence-corrected chi connectivity index (χ0v) is 11.7. The van der Waals surface area contributed by atoms with Gasteiger partial charge in [-0.25, -0.2) is 0 Å². The van der Waals surface area contributed by atoms with Crippen molar-refractivity contribution in [2.75, 3.05) is 6.61 Å². The van der Waals surface area contributed by atoms with Crippen molar-refractivity contribution in [2.24, 2.45) is 0 Å². The molecule has 0 aromatic heterocycles. The Kier molecular flexibility index (Phi) is 5.27. The molecule has 20 heavy (non-hydrogen) atoms. The highest BCUT2D eigenvalue weighted by atomic mass is 28.4. The summed E-state index contributed by atoms with van der Waals surface area (Å²) in [5, 5.41) is 0. The highest BCUT2D eigenvalue weighted by Crippen LogP contribution is 2.53. The fourth-order valence-corrected chi connectivity index (χ4v) is 1.76. The zero-order valence-electron chi connectivity index (χ0n) is 10.7. The Morgan fingerprint density at radius 2 is 1.15 bits per heavy atom. The molecule has 0 aliphatic carbocycles. The van der Waals surface area contributed by atoms with Crippen LogP contribution in [0.4, 0.5) is 39.5 Å². The van der Waals surface area contributed by atoms with Crippen molar-refractivity contribution >= 4 is 8.32 Å². The summed E-state index contributed by atoms with van der Waals surface area (Å²) in [5.74, 6) is -18.9. The van der Waals surface area contributed by atoms with Gasteiger partial charge < -0.3 is 4.43 Å². The van der Waals surface area contributed by atoms with Gasteiger partial charge >= 0.3 is 23.9 Å². The van der Waals surface area contributed by atoms with E-state index in [2.05, 4.69) is 0 Å². The van der Waals surface area contributed by atoms with Gasteiger partial charge in [0.05, 0.1) is 0 Å². The molecule has 0 rings (SSSR count). The van der Waals surface area contributed by atoms with Gasteiger partial charge in [0.1, 0.15) is 0 Å². The highest BCUT2D eigenvalue weighted by molar-refractivity contribution is 6.69. The van der Waals surface area contributed by atoms with Crippen LogP contribution >= 0.6 is 0 Å². The molecule has 0 spiro atoms. The minimum atomic E-state index is -6.83. The van der Waals surface area contributed by atoms with E-state index in [0.29, 0.717) is 0 Å². The molecule has 122 valence electrons. The quantitative estimate of drug-likeness (QED) is 0.505. The summed E-state index contributed by atoms with van der Waals surface area (Å²) in [6.45, 7) is 3.49. The molecule has 11 heteroatoms. The normalized spacial score (nSPS) is 15.6.